The van der Waals surface area contributed by atoms with Gasteiger partial charge in [-0.15, -0.1) is 0 Å². The second-order valence-corrected chi connectivity index (χ2v) is 13.7. The van der Waals surface area contributed by atoms with Crippen LogP contribution < -0.4 is 4.90 Å². The largest absolute Gasteiger partial charge is 0.309 e. The molecular formula is C52H35N. The maximum Gasteiger partial charge on any atom is 0.0540 e. The summed E-state index contributed by atoms with van der Waals surface area (Å²) in [4.78, 5) is 2.46. The van der Waals surface area contributed by atoms with Crippen LogP contribution in [0.1, 0.15) is 0 Å². The second-order valence-electron chi connectivity index (χ2n) is 13.7. The first-order valence-corrected chi connectivity index (χ1v) is 18.3. The van der Waals surface area contributed by atoms with Gasteiger partial charge in [-0.2, -0.15) is 0 Å². The first-order chi connectivity index (χ1) is 26.3. The Morgan fingerprint density at radius 2 is 0.755 bits per heavy atom. The van der Waals surface area contributed by atoms with Crippen molar-refractivity contribution in [1.82, 2.24) is 0 Å². The lowest BCUT2D eigenvalue weighted by Gasteiger charge is -2.30. The summed E-state index contributed by atoms with van der Waals surface area (Å²) in [6.07, 6.45) is 0. The van der Waals surface area contributed by atoms with Crippen molar-refractivity contribution in [1.29, 1.82) is 0 Å². The third-order valence-electron chi connectivity index (χ3n) is 10.6. The summed E-state index contributed by atoms with van der Waals surface area (Å²) in [7, 11) is 0. The van der Waals surface area contributed by atoms with Crippen molar-refractivity contribution in [2.45, 2.75) is 0 Å². The Balaban J connectivity index is 1.21. The Hall–Kier alpha value is -6.96. The highest BCUT2D eigenvalue weighted by Gasteiger charge is 2.22. The monoisotopic (exact) mass is 673 g/mol. The van der Waals surface area contributed by atoms with Gasteiger partial charge in [-0.25, -0.2) is 0 Å². The van der Waals surface area contributed by atoms with Crippen molar-refractivity contribution in [2.24, 2.45) is 0 Å². The fourth-order valence-electron chi connectivity index (χ4n) is 8.11. The zero-order chi connectivity index (χ0) is 35.1. The zero-order valence-electron chi connectivity index (χ0n) is 29.2. The molecule has 0 spiro atoms. The maximum absolute atomic E-state index is 2.46. The molecule has 0 saturated carbocycles. The molecule has 0 N–H and O–H groups in total. The lowest BCUT2D eigenvalue weighted by Crippen LogP contribution is -2.12. The summed E-state index contributed by atoms with van der Waals surface area (Å²) in [6.45, 7) is 0. The van der Waals surface area contributed by atoms with Crippen LogP contribution in [0.2, 0.25) is 0 Å². The van der Waals surface area contributed by atoms with Crippen molar-refractivity contribution in [3.8, 4) is 33.4 Å². The van der Waals surface area contributed by atoms with Crippen molar-refractivity contribution in [3.63, 3.8) is 0 Å². The van der Waals surface area contributed by atoms with Crippen LogP contribution in [0.15, 0.2) is 212 Å². The fraction of sp³-hybridized carbons (Fsp3) is 0. The molecule has 0 radical (unpaired) electrons. The van der Waals surface area contributed by atoms with Crippen molar-refractivity contribution < 1.29 is 0 Å². The minimum absolute atomic E-state index is 1.10. The van der Waals surface area contributed by atoms with Gasteiger partial charge < -0.3 is 4.90 Å². The van der Waals surface area contributed by atoms with Crippen LogP contribution in [0.4, 0.5) is 17.1 Å². The van der Waals surface area contributed by atoms with E-state index >= 15 is 0 Å². The quantitative estimate of drug-likeness (QED) is 0.159. The van der Waals surface area contributed by atoms with Crippen LogP contribution >= 0.6 is 0 Å². The molecule has 0 atom stereocenters. The molecule has 0 aliphatic rings. The third-order valence-corrected chi connectivity index (χ3v) is 10.6. The highest BCUT2D eigenvalue weighted by Crippen LogP contribution is 2.47. The molecule has 1 heteroatoms. The second kappa shape index (κ2) is 13.0. The smallest absolute Gasteiger partial charge is 0.0540 e. The molecule has 0 aliphatic carbocycles. The molecule has 53 heavy (non-hydrogen) atoms. The van der Waals surface area contributed by atoms with Gasteiger partial charge in [-0.1, -0.05) is 176 Å². The molecule has 248 valence electrons. The molecule has 0 heterocycles. The first-order valence-electron chi connectivity index (χ1n) is 18.3. The number of para-hydroxylation sites is 2. The van der Waals surface area contributed by atoms with E-state index in [1.54, 1.807) is 0 Å². The van der Waals surface area contributed by atoms with Gasteiger partial charge in [0, 0.05) is 16.8 Å². The third kappa shape index (κ3) is 5.42. The SMILES string of the molecule is c1ccc(N(c2ccc(-c3ccc4ccccc4c3)cc2)c2ccccc2-c2cc3ccccc3c3ccccc23)c(-c2cccc3ccccc23)c1. The highest BCUT2D eigenvalue weighted by atomic mass is 15.1. The van der Waals surface area contributed by atoms with E-state index in [0.717, 1.165) is 17.1 Å². The van der Waals surface area contributed by atoms with Gasteiger partial charge >= 0.3 is 0 Å². The van der Waals surface area contributed by atoms with Gasteiger partial charge in [-0.05, 0) is 102 Å². The van der Waals surface area contributed by atoms with Crippen molar-refractivity contribution in [2.75, 3.05) is 4.90 Å². The van der Waals surface area contributed by atoms with Gasteiger partial charge in [0.2, 0.25) is 0 Å². The fourth-order valence-corrected chi connectivity index (χ4v) is 8.11. The summed E-state index contributed by atoms with van der Waals surface area (Å²) in [6, 6.07) is 77.4. The maximum atomic E-state index is 2.46. The molecule has 0 unspecified atom stereocenters. The van der Waals surface area contributed by atoms with Crippen LogP contribution in [0.3, 0.4) is 0 Å². The molecule has 0 amide bonds. The van der Waals surface area contributed by atoms with Gasteiger partial charge in [0.15, 0.2) is 0 Å². The number of hydrogen-bond donors (Lipinski definition) is 0. The standard InChI is InChI=1S/C52H35N/c1-2-16-39-34-40(29-28-36(39)14-1)37-30-32-42(33-31-37)53(51-26-11-9-23-48(51)46-25-13-18-38-15-3-5-19-43(38)46)52-27-12-10-24-49(52)50-35-41-17-4-6-20-44(41)45-21-7-8-22-47(45)50/h1-35H. The Morgan fingerprint density at radius 3 is 1.51 bits per heavy atom. The first kappa shape index (κ1) is 30.8. The molecule has 10 rings (SSSR count). The Labute approximate surface area is 309 Å². The Morgan fingerprint density at radius 1 is 0.245 bits per heavy atom. The summed E-state index contributed by atoms with van der Waals surface area (Å²) >= 11 is 0. The van der Waals surface area contributed by atoms with Gasteiger partial charge in [0.1, 0.15) is 0 Å². The molecule has 10 aromatic carbocycles. The van der Waals surface area contributed by atoms with E-state index < -0.39 is 0 Å². The topological polar surface area (TPSA) is 3.24 Å². The molecule has 0 saturated heterocycles. The number of benzene rings is 10. The minimum Gasteiger partial charge on any atom is -0.309 e. The average molecular weight is 674 g/mol. The van der Waals surface area contributed by atoms with Gasteiger partial charge in [0.05, 0.1) is 11.4 Å². The Bertz CT molecular complexity index is 2950. The zero-order valence-corrected chi connectivity index (χ0v) is 29.2. The summed E-state index contributed by atoms with van der Waals surface area (Å²) in [5.74, 6) is 0. The molecule has 1 nitrogen and oxygen atoms in total. The highest BCUT2D eigenvalue weighted by molar-refractivity contribution is 6.15. The summed E-state index contributed by atoms with van der Waals surface area (Å²) < 4.78 is 0. The van der Waals surface area contributed by atoms with E-state index in [0.29, 0.717) is 0 Å². The lowest BCUT2D eigenvalue weighted by molar-refractivity contribution is 1.29. The van der Waals surface area contributed by atoms with E-state index in [9.17, 15) is 0 Å². The van der Waals surface area contributed by atoms with E-state index in [1.807, 2.05) is 0 Å². The molecule has 0 fully saturated rings. The molecule has 0 bridgehead atoms. The molecular weight excluding hydrogens is 639 g/mol. The van der Waals surface area contributed by atoms with Crippen molar-refractivity contribution >= 4 is 60.2 Å². The molecule has 10 aromatic rings. The number of rotatable bonds is 6. The molecule has 0 aromatic heterocycles. The summed E-state index contributed by atoms with van der Waals surface area (Å²) in [5, 5.41) is 9.98. The lowest BCUT2D eigenvalue weighted by atomic mass is 9.91. The van der Waals surface area contributed by atoms with Gasteiger partial charge in [0.25, 0.3) is 0 Å². The van der Waals surface area contributed by atoms with E-state index in [-0.39, 0.29) is 0 Å². The van der Waals surface area contributed by atoms with Crippen LogP contribution in [-0.4, -0.2) is 0 Å². The minimum atomic E-state index is 1.10. The number of hydrogen-bond acceptors (Lipinski definition) is 1. The van der Waals surface area contributed by atoms with Crippen LogP contribution in [0.5, 0.6) is 0 Å². The average Bonchev–Trinajstić information content (AvgIpc) is 3.24. The van der Waals surface area contributed by atoms with Crippen LogP contribution in [0, 0.1) is 0 Å². The predicted molar refractivity (Wildman–Crippen MR) is 227 cm³/mol. The van der Waals surface area contributed by atoms with E-state index in [4.69, 9.17) is 0 Å². The number of anilines is 3. The normalized spacial score (nSPS) is 11.4. The van der Waals surface area contributed by atoms with Crippen LogP contribution in [-0.2, 0) is 0 Å². The van der Waals surface area contributed by atoms with Crippen molar-refractivity contribution in [3.05, 3.63) is 212 Å². The Kier molecular flexibility index (Phi) is 7.55. The summed E-state index contributed by atoms with van der Waals surface area (Å²) in [5.41, 5.74) is 10.5. The molecule has 0 aliphatic heterocycles. The van der Waals surface area contributed by atoms with E-state index in [2.05, 4.69) is 217 Å². The number of fused-ring (bicyclic) bond motifs is 5. The number of nitrogens with zero attached hydrogens (tertiary/aromatic N) is 1. The van der Waals surface area contributed by atoms with E-state index in [1.165, 1.54) is 76.5 Å². The van der Waals surface area contributed by atoms with Crippen LogP contribution in [0.25, 0.3) is 76.5 Å². The predicted octanol–water partition coefficient (Wildman–Crippen LogP) is 14.8. The van der Waals surface area contributed by atoms with Gasteiger partial charge in [-0.3, -0.25) is 0 Å².